The molecule has 0 saturated heterocycles. The van der Waals surface area contributed by atoms with Gasteiger partial charge in [-0.15, -0.1) is 11.6 Å². The molecule has 0 amide bonds. The molecule has 3 aromatic rings. The van der Waals surface area contributed by atoms with Gasteiger partial charge in [0, 0.05) is 18.5 Å². The van der Waals surface area contributed by atoms with Crippen molar-refractivity contribution >= 4 is 22.6 Å². The summed E-state index contributed by atoms with van der Waals surface area (Å²) in [6.45, 7) is 4.24. The zero-order chi connectivity index (χ0) is 14.8. The largest absolute Gasteiger partial charge is 0.319 e. The van der Waals surface area contributed by atoms with Crippen molar-refractivity contribution in [1.29, 1.82) is 0 Å². The molecule has 0 fully saturated rings. The maximum absolute atomic E-state index is 5.95. The van der Waals surface area contributed by atoms with Gasteiger partial charge in [-0.25, -0.2) is 4.98 Å². The second kappa shape index (κ2) is 5.86. The van der Waals surface area contributed by atoms with Crippen molar-refractivity contribution in [3.05, 3.63) is 59.7 Å². The molecule has 1 atom stereocenters. The second-order valence-electron chi connectivity index (χ2n) is 5.26. The summed E-state index contributed by atoms with van der Waals surface area (Å²) in [7, 11) is 0. The number of aryl methyl sites for hydroxylation is 2. The molecule has 21 heavy (non-hydrogen) atoms. The van der Waals surface area contributed by atoms with Crippen LogP contribution in [0.3, 0.4) is 0 Å². The molecule has 3 nitrogen and oxygen atoms in total. The first-order valence-corrected chi connectivity index (χ1v) is 7.68. The van der Waals surface area contributed by atoms with Crippen molar-refractivity contribution in [2.75, 3.05) is 5.88 Å². The Morgan fingerprint density at radius 2 is 2.10 bits per heavy atom. The van der Waals surface area contributed by atoms with E-state index in [4.69, 9.17) is 16.6 Å². The van der Waals surface area contributed by atoms with E-state index in [9.17, 15) is 0 Å². The van der Waals surface area contributed by atoms with Crippen molar-refractivity contribution in [3.8, 4) is 0 Å². The Bertz CT molecular complexity index is 749. The number of benzene rings is 1. The van der Waals surface area contributed by atoms with Crippen LogP contribution in [-0.2, 0) is 6.42 Å². The number of nitrogens with zero attached hydrogens (tertiary/aromatic N) is 3. The van der Waals surface area contributed by atoms with Crippen LogP contribution in [0.5, 0.6) is 0 Å². The summed E-state index contributed by atoms with van der Waals surface area (Å²) in [6.07, 6.45) is 2.59. The third-order valence-corrected chi connectivity index (χ3v) is 3.93. The van der Waals surface area contributed by atoms with Gasteiger partial charge in [-0.3, -0.25) is 4.98 Å². The molecular weight excluding hydrogens is 282 g/mol. The van der Waals surface area contributed by atoms with Crippen LogP contribution in [0.2, 0.25) is 0 Å². The molecule has 3 rings (SSSR count). The summed E-state index contributed by atoms with van der Waals surface area (Å²) in [4.78, 5) is 9.24. The van der Waals surface area contributed by atoms with Crippen LogP contribution < -0.4 is 0 Å². The average molecular weight is 300 g/mol. The first kappa shape index (κ1) is 14.1. The number of hydrogen-bond donors (Lipinski definition) is 0. The van der Waals surface area contributed by atoms with Crippen LogP contribution in [0.1, 0.15) is 30.0 Å². The minimum Gasteiger partial charge on any atom is -0.319 e. The summed E-state index contributed by atoms with van der Waals surface area (Å²) in [5.74, 6) is 1.58. The number of aromatic nitrogens is 3. The van der Waals surface area contributed by atoms with Crippen molar-refractivity contribution in [1.82, 2.24) is 14.5 Å². The molecule has 0 radical (unpaired) electrons. The van der Waals surface area contributed by atoms with Crippen LogP contribution in [-0.4, -0.2) is 20.4 Å². The maximum Gasteiger partial charge on any atom is 0.111 e. The highest BCUT2D eigenvalue weighted by Crippen LogP contribution is 2.26. The predicted octanol–water partition coefficient (Wildman–Crippen LogP) is 4.13. The Balaban J connectivity index is 2.17. The van der Waals surface area contributed by atoms with Crippen molar-refractivity contribution in [2.24, 2.45) is 0 Å². The number of pyridine rings is 1. The molecule has 0 aliphatic carbocycles. The molecular formula is C17H18ClN3. The first-order valence-electron chi connectivity index (χ1n) is 7.15. The number of alkyl halides is 1. The summed E-state index contributed by atoms with van der Waals surface area (Å²) in [5.41, 5.74) is 4.42. The highest BCUT2D eigenvalue weighted by Gasteiger charge is 2.17. The monoisotopic (exact) mass is 299 g/mol. The lowest BCUT2D eigenvalue weighted by atomic mass is 10.1. The van der Waals surface area contributed by atoms with E-state index in [-0.39, 0.29) is 6.04 Å². The number of fused-ring (bicyclic) bond motifs is 1. The van der Waals surface area contributed by atoms with E-state index in [1.807, 2.05) is 18.3 Å². The topological polar surface area (TPSA) is 30.7 Å². The third kappa shape index (κ3) is 2.66. The summed E-state index contributed by atoms with van der Waals surface area (Å²) >= 11 is 5.95. The van der Waals surface area contributed by atoms with E-state index in [0.29, 0.717) is 5.88 Å². The van der Waals surface area contributed by atoms with Gasteiger partial charge in [0.25, 0.3) is 0 Å². The molecule has 2 aromatic heterocycles. The van der Waals surface area contributed by atoms with Gasteiger partial charge in [-0.1, -0.05) is 12.1 Å². The second-order valence-corrected chi connectivity index (χ2v) is 5.64. The summed E-state index contributed by atoms with van der Waals surface area (Å²) in [6, 6.07) is 12.5. The Labute approximate surface area is 129 Å². The van der Waals surface area contributed by atoms with E-state index in [1.54, 1.807) is 0 Å². The molecule has 0 spiro atoms. The van der Waals surface area contributed by atoms with Crippen LogP contribution in [0, 0.1) is 6.92 Å². The summed E-state index contributed by atoms with van der Waals surface area (Å²) < 4.78 is 2.25. The van der Waals surface area contributed by atoms with E-state index in [2.05, 4.69) is 47.7 Å². The van der Waals surface area contributed by atoms with Crippen molar-refractivity contribution in [3.63, 3.8) is 0 Å². The van der Waals surface area contributed by atoms with Crippen molar-refractivity contribution < 1.29 is 0 Å². The fourth-order valence-corrected chi connectivity index (χ4v) is 2.88. The van der Waals surface area contributed by atoms with Gasteiger partial charge in [0.05, 0.1) is 22.8 Å². The Kier molecular flexibility index (Phi) is 3.93. The smallest absolute Gasteiger partial charge is 0.111 e. The highest BCUT2D eigenvalue weighted by atomic mass is 35.5. The quantitative estimate of drug-likeness (QED) is 0.678. The fraction of sp³-hybridized carbons (Fsp3) is 0.294. The molecule has 2 heterocycles. The maximum atomic E-state index is 5.95. The Morgan fingerprint density at radius 3 is 2.81 bits per heavy atom. The molecule has 1 unspecified atom stereocenters. The molecule has 0 aliphatic heterocycles. The van der Waals surface area contributed by atoms with Crippen LogP contribution >= 0.6 is 11.6 Å². The van der Waals surface area contributed by atoms with E-state index >= 15 is 0 Å². The molecule has 108 valence electrons. The third-order valence-electron chi connectivity index (χ3n) is 3.74. The van der Waals surface area contributed by atoms with Gasteiger partial charge in [0.2, 0.25) is 0 Å². The van der Waals surface area contributed by atoms with Crippen molar-refractivity contribution in [2.45, 2.75) is 26.3 Å². The lowest BCUT2D eigenvalue weighted by molar-refractivity contribution is 0.607. The molecule has 0 N–H and O–H groups in total. The molecule has 0 saturated carbocycles. The predicted molar refractivity (Wildman–Crippen MR) is 86.9 cm³/mol. The SMILES string of the molecule is Cc1ccc2c(c1)nc(CCCl)n2C(C)c1ccccn1. The van der Waals surface area contributed by atoms with E-state index in [1.165, 1.54) is 5.56 Å². The Morgan fingerprint density at radius 1 is 1.24 bits per heavy atom. The zero-order valence-electron chi connectivity index (χ0n) is 12.3. The summed E-state index contributed by atoms with van der Waals surface area (Å²) in [5, 5.41) is 0. The van der Waals surface area contributed by atoms with Gasteiger partial charge in [-0.05, 0) is 43.7 Å². The van der Waals surface area contributed by atoms with Gasteiger partial charge in [-0.2, -0.15) is 0 Å². The molecule has 4 heteroatoms. The molecule has 0 bridgehead atoms. The number of hydrogen-bond acceptors (Lipinski definition) is 2. The number of imidazole rings is 1. The Hall–Kier alpha value is -1.87. The van der Waals surface area contributed by atoms with E-state index < -0.39 is 0 Å². The standard InChI is InChI=1S/C17H18ClN3/c1-12-6-7-16-15(11-12)20-17(8-9-18)21(16)13(2)14-5-3-4-10-19-14/h3-7,10-11,13H,8-9H2,1-2H3. The molecule has 0 aliphatic rings. The van der Waals surface area contributed by atoms with Crippen LogP contribution in [0.25, 0.3) is 11.0 Å². The van der Waals surface area contributed by atoms with Gasteiger partial charge in [0.15, 0.2) is 0 Å². The van der Waals surface area contributed by atoms with Crippen LogP contribution in [0.4, 0.5) is 0 Å². The van der Waals surface area contributed by atoms with E-state index in [0.717, 1.165) is 29.0 Å². The number of rotatable bonds is 4. The molecule has 1 aromatic carbocycles. The zero-order valence-corrected chi connectivity index (χ0v) is 13.0. The average Bonchev–Trinajstić information content (AvgIpc) is 2.85. The van der Waals surface area contributed by atoms with Gasteiger partial charge >= 0.3 is 0 Å². The fourth-order valence-electron chi connectivity index (χ4n) is 2.71. The van der Waals surface area contributed by atoms with Gasteiger partial charge in [0.1, 0.15) is 5.82 Å². The van der Waals surface area contributed by atoms with Crippen LogP contribution in [0.15, 0.2) is 42.6 Å². The minimum absolute atomic E-state index is 0.136. The highest BCUT2D eigenvalue weighted by molar-refractivity contribution is 6.17. The number of halogens is 1. The normalized spacial score (nSPS) is 12.7. The lowest BCUT2D eigenvalue weighted by Crippen LogP contribution is -2.12. The van der Waals surface area contributed by atoms with Gasteiger partial charge < -0.3 is 4.57 Å². The lowest BCUT2D eigenvalue weighted by Gasteiger charge is -2.17. The minimum atomic E-state index is 0.136. The first-order chi connectivity index (χ1) is 10.2.